The Balaban J connectivity index is 0.00000240. The molecule has 1 atom stereocenters. The second-order valence-corrected chi connectivity index (χ2v) is 6.70. The lowest BCUT2D eigenvalue weighted by atomic mass is 10.0. The van der Waals surface area contributed by atoms with Gasteiger partial charge < -0.3 is 20.4 Å². The van der Waals surface area contributed by atoms with Gasteiger partial charge in [0.1, 0.15) is 17.4 Å². The first kappa shape index (κ1) is 21.1. The highest BCUT2D eigenvalue weighted by Gasteiger charge is 2.21. The standard InChI is InChI=1S/C21H22FN5O.HI/c1-14-24-9-10-27(14)19-7-6-15(12-17(19)22)13-25-21(23)26-18-8-11-28-20-5-3-2-4-16(18)20;/h2-7,9-10,12,18H,8,11,13H2,1H3,(H3,23,25,26);1H. The van der Waals surface area contributed by atoms with E-state index in [0.29, 0.717) is 24.8 Å². The average Bonchev–Trinajstić information content (AvgIpc) is 3.12. The third kappa shape index (κ3) is 4.69. The number of aryl methyl sites for hydroxylation is 1. The third-order valence-electron chi connectivity index (χ3n) is 4.81. The van der Waals surface area contributed by atoms with Gasteiger partial charge in [-0.1, -0.05) is 24.3 Å². The van der Waals surface area contributed by atoms with Crippen LogP contribution >= 0.6 is 24.0 Å². The lowest BCUT2D eigenvalue weighted by Gasteiger charge is -2.26. The molecule has 1 unspecified atom stereocenters. The molecule has 3 N–H and O–H groups in total. The van der Waals surface area contributed by atoms with Crippen LogP contribution in [0.2, 0.25) is 0 Å². The van der Waals surface area contributed by atoms with E-state index in [1.165, 1.54) is 6.07 Å². The Morgan fingerprint density at radius 3 is 2.93 bits per heavy atom. The van der Waals surface area contributed by atoms with E-state index in [4.69, 9.17) is 10.5 Å². The summed E-state index contributed by atoms with van der Waals surface area (Å²) in [6.07, 6.45) is 4.19. The van der Waals surface area contributed by atoms with Gasteiger partial charge in [0.05, 0.1) is 24.9 Å². The van der Waals surface area contributed by atoms with Crippen molar-refractivity contribution in [3.63, 3.8) is 0 Å². The fourth-order valence-electron chi connectivity index (χ4n) is 3.37. The molecule has 0 saturated heterocycles. The predicted molar refractivity (Wildman–Crippen MR) is 121 cm³/mol. The van der Waals surface area contributed by atoms with Crippen molar-refractivity contribution < 1.29 is 9.13 Å². The van der Waals surface area contributed by atoms with Gasteiger partial charge in [-0.15, -0.1) is 24.0 Å². The lowest BCUT2D eigenvalue weighted by molar-refractivity contribution is 0.262. The van der Waals surface area contributed by atoms with Crippen LogP contribution in [0.1, 0.15) is 29.4 Å². The first-order valence-electron chi connectivity index (χ1n) is 9.19. The summed E-state index contributed by atoms with van der Waals surface area (Å²) in [6.45, 7) is 2.75. The molecule has 0 fully saturated rings. The fraction of sp³-hybridized carbons (Fsp3) is 0.238. The number of rotatable bonds is 4. The minimum absolute atomic E-state index is 0. The maximum absolute atomic E-state index is 14.5. The van der Waals surface area contributed by atoms with Crippen molar-refractivity contribution >= 4 is 29.9 Å². The van der Waals surface area contributed by atoms with Gasteiger partial charge in [-0.05, 0) is 30.7 Å². The Morgan fingerprint density at radius 2 is 2.17 bits per heavy atom. The van der Waals surface area contributed by atoms with Crippen LogP contribution in [0.3, 0.4) is 0 Å². The van der Waals surface area contributed by atoms with Gasteiger partial charge in [0, 0.05) is 24.4 Å². The van der Waals surface area contributed by atoms with Crippen LogP contribution in [-0.2, 0) is 6.54 Å². The van der Waals surface area contributed by atoms with Gasteiger partial charge in [0.2, 0.25) is 0 Å². The number of nitrogens with two attached hydrogens (primary N) is 1. The summed E-state index contributed by atoms with van der Waals surface area (Å²) < 4.78 is 21.9. The average molecular weight is 507 g/mol. The number of fused-ring (bicyclic) bond motifs is 1. The molecule has 8 heteroatoms. The summed E-state index contributed by atoms with van der Waals surface area (Å²) in [7, 11) is 0. The molecule has 1 aliphatic rings. The van der Waals surface area contributed by atoms with Crippen LogP contribution in [0.4, 0.5) is 4.39 Å². The molecule has 0 bridgehead atoms. The Labute approximate surface area is 186 Å². The summed E-state index contributed by atoms with van der Waals surface area (Å²) in [5, 5.41) is 3.24. The summed E-state index contributed by atoms with van der Waals surface area (Å²) >= 11 is 0. The van der Waals surface area contributed by atoms with E-state index in [0.717, 1.165) is 29.1 Å². The lowest BCUT2D eigenvalue weighted by Crippen LogP contribution is -2.37. The maximum Gasteiger partial charge on any atom is 0.189 e. The van der Waals surface area contributed by atoms with Crippen LogP contribution in [-0.4, -0.2) is 22.1 Å². The van der Waals surface area contributed by atoms with E-state index in [2.05, 4.69) is 15.3 Å². The molecule has 2 aromatic carbocycles. The summed E-state index contributed by atoms with van der Waals surface area (Å²) in [5.74, 6) is 1.61. The third-order valence-corrected chi connectivity index (χ3v) is 4.81. The first-order valence-corrected chi connectivity index (χ1v) is 9.19. The summed E-state index contributed by atoms with van der Waals surface area (Å²) in [6, 6.07) is 13.0. The van der Waals surface area contributed by atoms with Crippen molar-refractivity contribution in [1.82, 2.24) is 14.9 Å². The van der Waals surface area contributed by atoms with Crippen LogP contribution in [0.15, 0.2) is 59.9 Å². The number of halogens is 2. The van der Waals surface area contributed by atoms with Gasteiger partial charge >= 0.3 is 0 Å². The number of ether oxygens (including phenoxy) is 1. The highest BCUT2D eigenvalue weighted by Crippen LogP contribution is 2.31. The Hall–Kier alpha value is -2.62. The van der Waals surface area contributed by atoms with Crippen LogP contribution in [0.5, 0.6) is 5.75 Å². The predicted octanol–water partition coefficient (Wildman–Crippen LogP) is 3.87. The smallest absolute Gasteiger partial charge is 0.189 e. The van der Waals surface area contributed by atoms with Gasteiger partial charge in [-0.3, -0.25) is 0 Å². The number of nitrogens with zero attached hydrogens (tertiary/aromatic N) is 3. The zero-order chi connectivity index (χ0) is 19.5. The van der Waals surface area contributed by atoms with E-state index < -0.39 is 0 Å². The number of para-hydroxylation sites is 1. The highest BCUT2D eigenvalue weighted by molar-refractivity contribution is 14.0. The van der Waals surface area contributed by atoms with Crippen LogP contribution in [0.25, 0.3) is 5.69 Å². The Kier molecular flexibility index (Phi) is 6.73. The molecular weight excluding hydrogens is 484 g/mol. The number of imidazole rings is 1. The van der Waals surface area contributed by atoms with E-state index in [1.54, 1.807) is 23.0 Å². The second-order valence-electron chi connectivity index (χ2n) is 6.70. The SMILES string of the molecule is Cc1nccn1-c1ccc(CN=C(N)NC2CCOc3ccccc32)cc1F.I. The number of aromatic nitrogens is 2. The van der Waals surface area contributed by atoms with Crippen LogP contribution in [0, 0.1) is 12.7 Å². The van der Waals surface area contributed by atoms with Crippen molar-refractivity contribution in [2.75, 3.05) is 6.61 Å². The molecule has 1 aromatic heterocycles. The zero-order valence-corrected chi connectivity index (χ0v) is 18.3. The molecule has 0 spiro atoms. The molecule has 0 radical (unpaired) electrons. The molecule has 29 heavy (non-hydrogen) atoms. The van der Waals surface area contributed by atoms with Crippen molar-refractivity contribution in [1.29, 1.82) is 0 Å². The van der Waals surface area contributed by atoms with Gasteiger partial charge in [0.15, 0.2) is 5.96 Å². The summed E-state index contributed by atoms with van der Waals surface area (Å²) in [4.78, 5) is 8.50. The van der Waals surface area contributed by atoms with Gasteiger partial charge in [-0.2, -0.15) is 0 Å². The normalized spacial score (nSPS) is 15.8. The fourth-order valence-corrected chi connectivity index (χ4v) is 3.37. The minimum atomic E-state index is -0.321. The molecule has 1 aliphatic heterocycles. The molecule has 0 amide bonds. The molecule has 0 aliphatic carbocycles. The summed E-state index contributed by atoms with van der Waals surface area (Å²) in [5.41, 5.74) is 8.35. The number of hydrogen-bond acceptors (Lipinski definition) is 3. The van der Waals surface area contributed by atoms with Crippen molar-refractivity contribution in [3.8, 4) is 11.4 Å². The van der Waals surface area contributed by atoms with E-state index in [1.807, 2.05) is 37.3 Å². The molecule has 3 aromatic rings. The van der Waals surface area contributed by atoms with Gasteiger partial charge in [0.25, 0.3) is 0 Å². The molecule has 152 valence electrons. The second kappa shape index (κ2) is 9.25. The van der Waals surface area contributed by atoms with E-state index in [-0.39, 0.29) is 35.8 Å². The molecule has 6 nitrogen and oxygen atoms in total. The topological polar surface area (TPSA) is 77.5 Å². The number of aliphatic imine (C=N–C) groups is 1. The Morgan fingerprint density at radius 1 is 1.34 bits per heavy atom. The maximum atomic E-state index is 14.5. The highest BCUT2D eigenvalue weighted by atomic mass is 127. The number of benzene rings is 2. The molecular formula is C21H23FIN5O. The van der Waals surface area contributed by atoms with Gasteiger partial charge in [-0.25, -0.2) is 14.4 Å². The van der Waals surface area contributed by atoms with Crippen molar-refractivity contribution in [3.05, 3.63) is 77.6 Å². The van der Waals surface area contributed by atoms with E-state index in [9.17, 15) is 4.39 Å². The number of guanidine groups is 1. The minimum Gasteiger partial charge on any atom is -0.493 e. The van der Waals surface area contributed by atoms with E-state index >= 15 is 0 Å². The monoisotopic (exact) mass is 507 g/mol. The first-order chi connectivity index (χ1) is 13.6. The number of nitrogens with one attached hydrogen (secondary N) is 1. The molecule has 2 heterocycles. The largest absolute Gasteiger partial charge is 0.493 e. The molecule has 4 rings (SSSR count). The molecule has 0 saturated carbocycles. The van der Waals surface area contributed by atoms with Crippen molar-refractivity contribution in [2.45, 2.75) is 25.9 Å². The quantitative estimate of drug-likeness (QED) is 0.320. The van der Waals surface area contributed by atoms with Crippen LogP contribution < -0.4 is 15.8 Å². The Bertz CT molecular complexity index is 1020. The number of hydrogen-bond donors (Lipinski definition) is 2. The zero-order valence-electron chi connectivity index (χ0n) is 16.0. The van der Waals surface area contributed by atoms with Crippen molar-refractivity contribution in [2.24, 2.45) is 10.7 Å².